The summed E-state index contributed by atoms with van der Waals surface area (Å²) < 4.78 is 5.81. The Balaban J connectivity index is 2.06. The van der Waals surface area contributed by atoms with Gasteiger partial charge in [0, 0.05) is 6.61 Å². The molecule has 2 rings (SSSR count). The zero-order valence-corrected chi connectivity index (χ0v) is 16.5. The molecule has 2 aliphatic rings. The third-order valence-electron chi connectivity index (χ3n) is 5.78. The van der Waals surface area contributed by atoms with E-state index in [0.29, 0.717) is 5.92 Å². The van der Waals surface area contributed by atoms with E-state index in [1.165, 1.54) is 0 Å². The maximum Gasteiger partial charge on any atom is 0.237 e. The van der Waals surface area contributed by atoms with Crippen molar-refractivity contribution < 1.29 is 30.0 Å². The van der Waals surface area contributed by atoms with Gasteiger partial charge in [0.2, 0.25) is 5.91 Å². The van der Waals surface area contributed by atoms with Gasteiger partial charge in [0.05, 0.1) is 18.2 Å². The molecule has 0 spiro atoms. The van der Waals surface area contributed by atoms with Crippen molar-refractivity contribution in [3.8, 4) is 0 Å². The lowest BCUT2D eigenvalue weighted by Gasteiger charge is -2.45. The van der Waals surface area contributed by atoms with Gasteiger partial charge in [-0.25, -0.2) is 0 Å². The summed E-state index contributed by atoms with van der Waals surface area (Å²) in [6.07, 6.45) is -2.56. The molecule has 0 aromatic rings. The summed E-state index contributed by atoms with van der Waals surface area (Å²) >= 11 is 0. The van der Waals surface area contributed by atoms with Gasteiger partial charge in [0.1, 0.15) is 24.4 Å². The third-order valence-corrected chi connectivity index (χ3v) is 5.78. The predicted molar refractivity (Wildman–Crippen MR) is 100.0 cm³/mol. The Morgan fingerprint density at radius 2 is 1.89 bits per heavy atom. The van der Waals surface area contributed by atoms with Gasteiger partial charge in [-0.05, 0) is 37.6 Å². The minimum Gasteiger partial charge on any atom is -0.396 e. The quantitative estimate of drug-likeness (QED) is 0.319. The molecule has 0 aliphatic carbocycles. The summed E-state index contributed by atoms with van der Waals surface area (Å²) in [5.74, 6) is 0.298. The Bertz CT molecular complexity index is 477. The molecule has 0 saturated carbocycles. The van der Waals surface area contributed by atoms with Crippen LogP contribution in [0.3, 0.4) is 0 Å². The number of hydrogen-bond donors (Lipinski definition) is 6. The van der Waals surface area contributed by atoms with Crippen molar-refractivity contribution in [2.45, 2.75) is 89.1 Å². The Hall–Kier alpha value is -0.770. The van der Waals surface area contributed by atoms with Gasteiger partial charge in [-0.3, -0.25) is 4.79 Å². The first-order chi connectivity index (χ1) is 12.8. The highest BCUT2D eigenvalue weighted by atomic mass is 16.5. The molecule has 2 aliphatic heterocycles. The molecule has 0 aromatic heterocycles. The predicted octanol–water partition coefficient (Wildman–Crippen LogP) is -0.862. The minimum absolute atomic E-state index is 0.0568. The Labute approximate surface area is 161 Å². The number of hydrogen-bond acceptors (Lipinski definition) is 7. The number of aliphatic hydroxyl groups excluding tert-OH is 4. The van der Waals surface area contributed by atoms with Gasteiger partial charge in [0.25, 0.3) is 0 Å². The van der Waals surface area contributed by atoms with Crippen LogP contribution in [0.1, 0.15) is 46.5 Å². The molecule has 27 heavy (non-hydrogen) atoms. The molecule has 1 amide bonds. The average molecular weight is 389 g/mol. The van der Waals surface area contributed by atoms with Crippen molar-refractivity contribution in [1.82, 2.24) is 10.6 Å². The lowest BCUT2D eigenvalue weighted by atomic mass is 9.86. The number of carbonyl (C=O) groups excluding carboxylic acids is 1. The van der Waals surface area contributed by atoms with E-state index < -0.39 is 36.6 Å². The molecule has 0 bridgehead atoms. The minimum atomic E-state index is -1.39. The van der Waals surface area contributed by atoms with Crippen LogP contribution in [0.5, 0.6) is 0 Å². The van der Waals surface area contributed by atoms with Gasteiger partial charge in [-0.15, -0.1) is 0 Å². The van der Waals surface area contributed by atoms with E-state index in [1.54, 1.807) is 0 Å². The van der Waals surface area contributed by atoms with Crippen molar-refractivity contribution in [3.63, 3.8) is 0 Å². The summed E-state index contributed by atoms with van der Waals surface area (Å²) in [6, 6.07) is -0.796. The average Bonchev–Trinajstić information content (AvgIpc) is 3.09. The molecule has 6 N–H and O–H groups in total. The maximum atomic E-state index is 12.7. The molecule has 0 radical (unpaired) electrons. The molecule has 8 atom stereocenters. The molecule has 158 valence electrons. The van der Waals surface area contributed by atoms with Crippen LogP contribution in [0.15, 0.2) is 0 Å². The molecule has 2 heterocycles. The summed E-state index contributed by atoms with van der Waals surface area (Å²) in [5.41, 5.74) is 0. The van der Waals surface area contributed by atoms with E-state index in [-0.39, 0.29) is 30.9 Å². The SMILES string of the molecule is CCC[C@@H]1CN[C@H](C(=O)N[C@H](C(C)C)[C@H]2O[C@H](CCO)[C@H](O)[C@@H](O)[C@H]2O)C1. The van der Waals surface area contributed by atoms with E-state index in [0.717, 1.165) is 25.8 Å². The van der Waals surface area contributed by atoms with Crippen molar-refractivity contribution in [3.05, 3.63) is 0 Å². The smallest absolute Gasteiger partial charge is 0.237 e. The van der Waals surface area contributed by atoms with E-state index in [9.17, 15) is 20.1 Å². The lowest BCUT2D eigenvalue weighted by molar-refractivity contribution is -0.233. The van der Waals surface area contributed by atoms with Crippen LogP contribution < -0.4 is 10.6 Å². The van der Waals surface area contributed by atoms with Crippen molar-refractivity contribution in [2.75, 3.05) is 13.2 Å². The Morgan fingerprint density at radius 1 is 1.19 bits per heavy atom. The normalized spacial score (nSPS) is 38.1. The summed E-state index contributed by atoms with van der Waals surface area (Å²) in [6.45, 7) is 6.56. The molecule has 0 unspecified atom stereocenters. The van der Waals surface area contributed by atoms with Crippen molar-refractivity contribution in [2.24, 2.45) is 11.8 Å². The molecule has 2 saturated heterocycles. The second-order valence-corrected chi connectivity index (χ2v) is 8.25. The number of aliphatic hydroxyl groups is 4. The van der Waals surface area contributed by atoms with Crippen LogP contribution in [-0.2, 0) is 9.53 Å². The summed E-state index contributed by atoms with van der Waals surface area (Å²) in [4.78, 5) is 12.7. The first-order valence-corrected chi connectivity index (χ1v) is 10.1. The highest BCUT2D eigenvalue weighted by molar-refractivity contribution is 5.82. The topological polar surface area (TPSA) is 131 Å². The number of carbonyl (C=O) groups is 1. The van der Waals surface area contributed by atoms with Crippen LogP contribution in [0, 0.1) is 11.8 Å². The zero-order valence-electron chi connectivity index (χ0n) is 16.5. The van der Waals surface area contributed by atoms with Gasteiger partial charge in [-0.2, -0.15) is 0 Å². The Morgan fingerprint density at radius 3 is 2.48 bits per heavy atom. The monoisotopic (exact) mass is 388 g/mol. The van der Waals surface area contributed by atoms with Gasteiger partial charge >= 0.3 is 0 Å². The third kappa shape index (κ3) is 5.40. The first kappa shape index (κ1) is 22.5. The number of amides is 1. The lowest BCUT2D eigenvalue weighted by Crippen LogP contribution is -2.65. The molecular formula is C19H36N2O6. The second kappa shape index (κ2) is 10.1. The van der Waals surface area contributed by atoms with E-state index in [2.05, 4.69) is 17.6 Å². The van der Waals surface area contributed by atoms with Crippen molar-refractivity contribution in [1.29, 1.82) is 0 Å². The van der Waals surface area contributed by atoms with E-state index in [4.69, 9.17) is 9.84 Å². The number of nitrogens with one attached hydrogen (secondary N) is 2. The standard InChI is InChI=1S/C19H36N2O6/c1-4-5-11-8-12(20-9-11)19(26)21-14(10(2)3)18-17(25)16(24)15(23)13(27-18)6-7-22/h10-18,20,22-25H,4-9H2,1-3H3,(H,21,26)/t11-,12-,13+,14+,15-,16+,17+,18+/m0/s1. The van der Waals surface area contributed by atoms with E-state index >= 15 is 0 Å². The molecule has 8 heteroatoms. The summed E-state index contributed by atoms with van der Waals surface area (Å²) in [7, 11) is 0. The fourth-order valence-electron chi connectivity index (χ4n) is 4.17. The maximum absolute atomic E-state index is 12.7. The zero-order chi connectivity index (χ0) is 20.1. The fourth-order valence-corrected chi connectivity index (χ4v) is 4.17. The first-order valence-electron chi connectivity index (χ1n) is 10.1. The molecule has 2 fully saturated rings. The highest BCUT2D eigenvalue weighted by Crippen LogP contribution is 2.28. The van der Waals surface area contributed by atoms with Crippen LogP contribution in [0.4, 0.5) is 0 Å². The van der Waals surface area contributed by atoms with E-state index in [1.807, 2.05) is 13.8 Å². The van der Waals surface area contributed by atoms with Crippen molar-refractivity contribution >= 4 is 5.91 Å². The molecule has 8 nitrogen and oxygen atoms in total. The highest BCUT2D eigenvalue weighted by Gasteiger charge is 2.47. The number of ether oxygens (including phenoxy) is 1. The summed E-state index contributed by atoms with van der Waals surface area (Å²) in [5, 5.41) is 46.1. The molecular weight excluding hydrogens is 352 g/mol. The van der Waals surface area contributed by atoms with Gasteiger partial charge in [0.15, 0.2) is 0 Å². The number of rotatable bonds is 8. The largest absolute Gasteiger partial charge is 0.396 e. The second-order valence-electron chi connectivity index (χ2n) is 8.25. The van der Waals surface area contributed by atoms with Crippen LogP contribution >= 0.6 is 0 Å². The van der Waals surface area contributed by atoms with Crippen LogP contribution in [0.25, 0.3) is 0 Å². The Kier molecular flexibility index (Phi) is 8.45. The molecule has 0 aromatic carbocycles. The van der Waals surface area contributed by atoms with Gasteiger partial charge in [-0.1, -0.05) is 27.2 Å². The fraction of sp³-hybridized carbons (Fsp3) is 0.947. The van der Waals surface area contributed by atoms with Gasteiger partial charge < -0.3 is 35.8 Å². The van der Waals surface area contributed by atoms with Crippen LogP contribution in [-0.4, -0.2) is 82.1 Å². The van der Waals surface area contributed by atoms with Crippen LogP contribution in [0.2, 0.25) is 0 Å².